The molecule has 0 aliphatic carbocycles. The van der Waals surface area contributed by atoms with E-state index in [1.54, 1.807) is 18.2 Å². The van der Waals surface area contributed by atoms with Gasteiger partial charge in [-0.15, -0.1) is 0 Å². The number of hydrogen-bond acceptors (Lipinski definition) is 2. The molecule has 5 heteroatoms. The third-order valence-electron chi connectivity index (χ3n) is 2.93. The number of hydrogen-bond donors (Lipinski definition) is 0. The van der Waals surface area contributed by atoms with Gasteiger partial charge in [0.05, 0.1) is 10.4 Å². The fourth-order valence-corrected chi connectivity index (χ4v) is 3.34. The Hall–Kier alpha value is -2.14. The highest BCUT2D eigenvalue weighted by Gasteiger charge is 2.18. The first kappa shape index (κ1) is 11.9. The minimum Gasteiger partial charge on any atom is -0.241 e. The summed E-state index contributed by atoms with van der Waals surface area (Å²) in [5.74, 6) is -0.462. The van der Waals surface area contributed by atoms with Gasteiger partial charge in [0.25, 0.3) is 10.0 Å². The molecule has 3 aromatic rings. The molecule has 2 aromatic carbocycles. The number of aromatic nitrogens is 1. The molecule has 96 valence electrons. The molecular weight excluding hydrogens is 265 g/mol. The van der Waals surface area contributed by atoms with E-state index in [0.717, 1.165) is 17.5 Å². The predicted molar refractivity (Wildman–Crippen MR) is 70.9 cm³/mol. The quantitative estimate of drug-likeness (QED) is 0.721. The molecule has 0 bridgehead atoms. The Morgan fingerprint density at radius 1 is 0.895 bits per heavy atom. The third-order valence-corrected chi connectivity index (χ3v) is 4.64. The molecule has 1 heterocycles. The Morgan fingerprint density at radius 2 is 1.58 bits per heavy atom. The average molecular weight is 275 g/mol. The summed E-state index contributed by atoms with van der Waals surface area (Å²) in [6.07, 6.45) is 1.50. The molecule has 0 atom stereocenters. The summed E-state index contributed by atoms with van der Waals surface area (Å²) in [7, 11) is -3.69. The molecule has 0 aliphatic rings. The van der Waals surface area contributed by atoms with Crippen molar-refractivity contribution in [2.24, 2.45) is 0 Å². The standard InChI is InChI=1S/C14H10FNO2S/c15-12-5-7-13(8-6-12)19(17,18)16-10-9-11-3-1-2-4-14(11)16/h1-10H. The summed E-state index contributed by atoms with van der Waals surface area (Å²) in [6.45, 7) is 0. The van der Waals surface area contributed by atoms with Crippen LogP contribution in [0.5, 0.6) is 0 Å². The highest BCUT2D eigenvalue weighted by molar-refractivity contribution is 7.90. The molecule has 0 N–H and O–H groups in total. The molecule has 0 saturated carbocycles. The average Bonchev–Trinajstić information content (AvgIpc) is 2.83. The van der Waals surface area contributed by atoms with Crippen LogP contribution < -0.4 is 0 Å². The molecular formula is C14H10FNO2S. The first-order valence-corrected chi connectivity index (χ1v) is 7.10. The molecule has 0 aliphatic heterocycles. The minimum absolute atomic E-state index is 0.0650. The summed E-state index contributed by atoms with van der Waals surface area (Å²) in [6, 6.07) is 13.7. The van der Waals surface area contributed by atoms with Crippen LogP contribution in [0.25, 0.3) is 10.9 Å². The number of rotatable bonds is 2. The van der Waals surface area contributed by atoms with Gasteiger partial charge in [0.1, 0.15) is 5.82 Å². The summed E-state index contributed by atoms with van der Waals surface area (Å²) in [5.41, 5.74) is 0.604. The molecule has 0 spiro atoms. The second kappa shape index (κ2) is 4.20. The number of nitrogens with zero attached hydrogens (tertiary/aromatic N) is 1. The lowest BCUT2D eigenvalue weighted by Crippen LogP contribution is -2.11. The van der Waals surface area contributed by atoms with Gasteiger partial charge in [-0.1, -0.05) is 18.2 Å². The molecule has 19 heavy (non-hydrogen) atoms. The second-order valence-corrected chi connectivity index (χ2v) is 5.94. The van der Waals surface area contributed by atoms with Gasteiger partial charge in [-0.25, -0.2) is 16.8 Å². The topological polar surface area (TPSA) is 39.1 Å². The van der Waals surface area contributed by atoms with Crippen LogP contribution in [0.3, 0.4) is 0 Å². The molecule has 3 rings (SSSR count). The van der Waals surface area contributed by atoms with E-state index in [2.05, 4.69) is 0 Å². The Kier molecular flexibility index (Phi) is 2.64. The van der Waals surface area contributed by atoms with Gasteiger partial charge in [-0.05, 0) is 36.4 Å². The lowest BCUT2D eigenvalue weighted by atomic mass is 10.3. The maximum absolute atomic E-state index is 12.9. The Morgan fingerprint density at radius 3 is 2.32 bits per heavy atom. The van der Waals surface area contributed by atoms with E-state index in [1.165, 1.54) is 22.3 Å². The van der Waals surface area contributed by atoms with Gasteiger partial charge in [-0.3, -0.25) is 0 Å². The van der Waals surface area contributed by atoms with Crippen LogP contribution >= 0.6 is 0 Å². The van der Waals surface area contributed by atoms with Gasteiger partial charge >= 0.3 is 0 Å². The molecule has 1 aromatic heterocycles. The van der Waals surface area contributed by atoms with Crippen molar-refractivity contribution >= 4 is 20.9 Å². The largest absolute Gasteiger partial charge is 0.268 e. The summed E-state index contributed by atoms with van der Waals surface area (Å²) in [5, 5.41) is 0.841. The molecule has 0 unspecified atom stereocenters. The van der Waals surface area contributed by atoms with Crippen molar-refractivity contribution in [1.29, 1.82) is 0 Å². The first-order chi connectivity index (χ1) is 9.09. The minimum atomic E-state index is -3.69. The number of fused-ring (bicyclic) bond motifs is 1. The summed E-state index contributed by atoms with van der Waals surface area (Å²) in [4.78, 5) is 0.0650. The van der Waals surface area contributed by atoms with Crippen LogP contribution in [0.1, 0.15) is 0 Å². The highest BCUT2D eigenvalue weighted by Crippen LogP contribution is 2.21. The maximum atomic E-state index is 12.9. The van der Waals surface area contributed by atoms with E-state index < -0.39 is 15.8 Å². The SMILES string of the molecule is O=S(=O)(c1ccc(F)cc1)n1ccc2ccccc21. The number of para-hydroxylation sites is 1. The van der Waals surface area contributed by atoms with Crippen LogP contribution in [0.2, 0.25) is 0 Å². The van der Waals surface area contributed by atoms with Crippen LogP contribution in [0.4, 0.5) is 4.39 Å². The predicted octanol–water partition coefficient (Wildman–Crippen LogP) is 3.02. The fourth-order valence-electron chi connectivity index (χ4n) is 1.99. The van der Waals surface area contributed by atoms with Gasteiger partial charge in [0, 0.05) is 11.6 Å². The van der Waals surface area contributed by atoms with Gasteiger partial charge in [-0.2, -0.15) is 0 Å². The van der Waals surface area contributed by atoms with E-state index in [1.807, 2.05) is 12.1 Å². The molecule has 3 nitrogen and oxygen atoms in total. The third kappa shape index (κ3) is 1.92. The molecule has 0 fully saturated rings. The van der Waals surface area contributed by atoms with Gasteiger partial charge in [0.2, 0.25) is 0 Å². The van der Waals surface area contributed by atoms with Gasteiger partial charge in [0.15, 0.2) is 0 Å². The number of benzene rings is 2. The van der Waals surface area contributed by atoms with E-state index in [0.29, 0.717) is 5.52 Å². The first-order valence-electron chi connectivity index (χ1n) is 5.66. The zero-order valence-electron chi connectivity index (χ0n) is 9.82. The van der Waals surface area contributed by atoms with Crippen molar-refractivity contribution in [2.45, 2.75) is 4.90 Å². The lowest BCUT2D eigenvalue weighted by Gasteiger charge is -2.07. The zero-order valence-corrected chi connectivity index (χ0v) is 10.6. The van der Waals surface area contributed by atoms with Crippen LogP contribution in [0.15, 0.2) is 65.7 Å². The van der Waals surface area contributed by atoms with Crippen molar-refractivity contribution in [3.8, 4) is 0 Å². The zero-order chi connectivity index (χ0) is 13.5. The van der Waals surface area contributed by atoms with E-state index in [4.69, 9.17) is 0 Å². The normalized spacial score (nSPS) is 11.8. The van der Waals surface area contributed by atoms with Crippen molar-refractivity contribution in [3.05, 3.63) is 66.6 Å². The maximum Gasteiger partial charge on any atom is 0.268 e. The molecule has 0 saturated heterocycles. The number of halogens is 1. The van der Waals surface area contributed by atoms with Crippen LogP contribution in [-0.4, -0.2) is 12.4 Å². The smallest absolute Gasteiger partial charge is 0.241 e. The van der Waals surface area contributed by atoms with E-state index in [-0.39, 0.29) is 4.90 Å². The molecule has 0 amide bonds. The Labute approximate surface area is 110 Å². The highest BCUT2D eigenvalue weighted by atomic mass is 32.2. The monoisotopic (exact) mass is 275 g/mol. The fraction of sp³-hybridized carbons (Fsp3) is 0. The Bertz CT molecular complexity index is 835. The van der Waals surface area contributed by atoms with Gasteiger partial charge < -0.3 is 0 Å². The lowest BCUT2D eigenvalue weighted by molar-refractivity contribution is 0.588. The van der Waals surface area contributed by atoms with Crippen LogP contribution in [-0.2, 0) is 10.0 Å². The van der Waals surface area contributed by atoms with Crippen molar-refractivity contribution < 1.29 is 12.8 Å². The van der Waals surface area contributed by atoms with Crippen LogP contribution in [0, 0.1) is 5.82 Å². The molecule has 0 radical (unpaired) electrons. The summed E-state index contributed by atoms with van der Waals surface area (Å²) < 4.78 is 39.0. The van der Waals surface area contributed by atoms with E-state index >= 15 is 0 Å². The van der Waals surface area contributed by atoms with Crippen molar-refractivity contribution in [3.63, 3.8) is 0 Å². The Balaban J connectivity index is 2.22. The summed E-state index contributed by atoms with van der Waals surface area (Å²) >= 11 is 0. The van der Waals surface area contributed by atoms with Crippen molar-refractivity contribution in [1.82, 2.24) is 3.97 Å². The van der Waals surface area contributed by atoms with Crippen molar-refractivity contribution in [2.75, 3.05) is 0 Å². The van der Waals surface area contributed by atoms with E-state index in [9.17, 15) is 12.8 Å². The second-order valence-electron chi connectivity index (χ2n) is 4.13.